The average molecular weight is 281 g/mol. The smallest absolute Gasteiger partial charge is 0.387 e. The monoisotopic (exact) mass is 281 g/mol. The highest BCUT2D eigenvalue weighted by Gasteiger charge is 2.27. The van der Waals surface area contributed by atoms with Crippen LogP contribution in [0.15, 0.2) is 24.3 Å². The van der Waals surface area contributed by atoms with Crippen molar-refractivity contribution in [1.82, 2.24) is 5.32 Å². The number of ether oxygens (including phenoxy) is 1. The maximum Gasteiger partial charge on any atom is 0.411 e. The van der Waals surface area contributed by atoms with E-state index in [0.717, 1.165) is 0 Å². The lowest BCUT2D eigenvalue weighted by Crippen LogP contribution is -2.27. The molecular weight excluding hydrogens is 266 g/mol. The third-order valence-corrected chi connectivity index (χ3v) is 2.26. The van der Waals surface area contributed by atoms with Crippen LogP contribution in [-0.2, 0) is 4.74 Å². The molecule has 1 atom stereocenters. The number of benzene rings is 1. The Morgan fingerprint density at radius 1 is 1.32 bits per heavy atom. The van der Waals surface area contributed by atoms with Gasteiger partial charge in [0.2, 0.25) is 0 Å². The van der Waals surface area contributed by atoms with E-state index in [-0.39, 0.29) is 19.7 Å². The fraction of sp³-hybridized carbons (Fsp3) is 0.500. The van der Waals surface area contributed by atoms with Crippen molar-refractivity contribution >= 4 is 0 Å². The molecular formula is C12H15F4NO2. The Morgan fingerprint density at radius 2 is 2.05 bits per heavy atom. The number of hydrogen-bond acceptors (Lipinski definition) is 3. The van der Waals surface area contributed by atoms with E-state index < -0.39 is 24.7 Å². The maximum atomic E-state index is 12.9. The summed E-state index contributed by atoms with van der Waals surface area (Å²) in [5.74, 6) is -0.454. The Balaban J connectivity index is 2.16. The molecule has 0 aliphatic carbocycles. The van der Waals surface area contributed by atoms with E-state index in [4.69, 9.17) is 0 Å². The van der Waals surface area contributed by atoms with Gasteiger partial charge < -0.3 is 15.2 Å². The quantitative estimate of drug-likeness (QED) is 0.593. The summed E-state index contributed by atoms with van der Waals surface area (Å²) in [5.41, 5.74) is 0.406. The molecule has 0 aromatic heterocycles. The van der Waals surface area contributed by atoms with Crippen LogP contribution in [0.3, 0.4) is 0 Å². The molecule has 2 N–H and O–H groups in total. The van der Waals surface area contributed by atoms with Crippen molar-refractivity contribution in [3.8, 4) is 0 Å². The van der Waals surface area contributed by atoms with Crippen molar-refractivity contribution in [1.29, 1.82) is 0 Å². The fourth-order valence-corrected chi connectivity index (χ4v) is 1.40. The first-order valence-electron chi connectivity index (χ1n) is 5.67. The number of aliphatic hydroxyl groups excluding tert-OH is 1. The van der Waals surface area contributed by atoms with Gasteiger partial charge in [-0.05, 0) is 17.7 Å². The van der Waals surface area contributed by atoms with Gasteiger partial charge in [-0.2, -0.15) is 13.2 Å². The Kier molecular flexibility index (Phi) is 6.20. The van der Waals surface area contributed by atoms with E-state index >= 15 is 0 Å². The summed E-state index contributed by atoms with van der Waals surface area (Å²) in [6.45, 7) is -1.13. The van der Waals surface area contributed by atoms with Crippen LogP contribution in [0, 0.1) is 5.82 Å². The molecule has 1 aromatic carbocycles. The molecule has 0 aliphatic heterocycles. The van der Waals surface area contributed by atoms with Crippen LogP contribution in [0.1, 0.15) is 11.7 Å². The van der Waals surface area contributed by atoms with Gasteiger partial charge in [0.05, 0.1) is 12.7 Å². The van der Waals surface area contributed by atoms with Gasteiger partial charge in [0, 0.05) is 13.1 Å². The Bertz CT molecular complexity index is 384. The first kappa shape index (κ1) is 15.9. The van der Waals surface area contributed by atoms with Gasteiger partial charge in [-0.25, -0.2) is 4.39 Å². The molecule has 0 aliphatic rings. The Labute approximate surface area is 108 Å². The van der Waals surface area contributed by atoms with Crippen molar-refractivity contribution in [3.05, 3.63) is 35.6 Å². The van der Waals surface area contributed by atoms with Gasteiger partial charge in [0.1, 0.15) is 12.4 Å². The molecule has 0 saturated heterocycles. The van der Waals surface area contributed by atoms with Crippen LogP contribution >= 0.6 is 0 Å². The maximum absolute atomic E-state index is 12.9. The van der Waals surface area contributed by atoms with Crippen molar-refractivity contribution < 1.29 is 27.4 Å². The highest BCUT2D eigenvalue weighted by molar-refractivity contribution is 5.18. The van der Waals surface area contributed by atoms with Crippen molar-refractivity contribution in [2.45, 2.75) is 12.3 Å². The minimum Gasteiger partial charge on any atom is -0.387 e. The van der Waals surface area contributed by atoms with E-state index in [1.54, 1.807) is 6.07 Å². The van der Waals surface area contributed by atoms with Crippen LogP contribution in [-0.4, -0.2) is 37.6 Å². The zero-order chi connectivity index (χ0) is 14.3. The van der Waals surface area contributed by atoms with E-state index in [9.17, 15) is 22.7 Å². The van der Waals surface area contributed by atoms with Crippen LogP contribution < -0.4 is 5.32 Å². The highest BCUT2D eigenvalue weighted by atomic mass is 19.4. The predicted octanol–water partition coefficient (Wildman–Crippen LogP) is 2.03. The molecule has 1 unspecified atom stereocenters. The van der Waals surface area contributed by atoms with Crippen molar-refractivity contribution in [2.24, 2.45) is 0 Å². The highest BCUT2D eigenvalue weighted by Crippen LogP contribution is 2.14. The van der Waals surface area contributed by atoms with E-state index in [2.05, 4.69) is 10.1 Å². The van der Waals surface area contributed by atoms with Gasteiger partial charge >= 0.3 is 6.18 Å². The van der Waals surface area contributed by atoms with Gasteiger partial charge in [-0.3, -0.25) is 0 Å². The van der Waals surface area contributed by atoms with E-state index in [1.807, 2.05) is 0 Å². The lowest BCUT2D eigenvalue weighted by molar-refractivity contribution is -0.173. The molecule has 19 heavy (non-hydrogen) atoms. The second-order valence-electron chi connectivity index (χ2n) is 3.94. The molecule has 0 amide bonds. The molecule has 0 heterocycles. The molecule has 0 fully saturated rings. The second kappa shape index (κ2) is 7.42. The molecule has 7 heteroatoms. The third-order valence-electron chi connectivity index (χ3n) is 2.26. The van der Waals surface area contributed by atoms with Crippen molar-refractivity contribution in [2.75, 3.05) is 26.3 Å². The predicted molar refractivity (Wildman–Crippen MR) is 61.1 cm³/mol. The van der Waals surface area contributed by atoms with E-state index in [0.29, 0.717) is 5.56 Å². The molecule has 0 saturated carbocycles. The normalized spacial score (nSPS) is 13.5. The topological polar surface area (TPSA) is 41.5 Å². The standard InChI is InChI=1S/C12H15F4NO2/c13-10-3-1-2-9(6-10)11(18)7-17-4-5-19-8-12(14,15)16/h1-3,6,11,17-18H,4-5,7-8H2. The van der Waals surface area contributed by atoms with Gasteiger partial charge in [-0.15, -0.1) is 0 Å². The number of hydrogen-bond donors (Lipinski definition) is 2. The summed E-state index contributed by atoms with van der Waals surface area (Å²) >= 11 is 0. The molecule has 1 aromatic rings. The molecule has 3 nitrogen and oxygen atoms in total. The number of alkyl halides is 3. The first-order valence-corrected chi connectivity index (χ1v) is 5.67. The number of aliphatic hydroxyl groups is 1. The first-order chi connectivity index (χ1) is 8.88. The van der Waals surface area contributed by atoms with E-state index in [1.165, 1.54) is 18.2 Å². The summed E-state index contributed by atoms with van der Waals surface area (Å²) < 4.78 is 52.4. The SMILES string of the molecule is OC(CNCCOCC(F)(F)F)c1cccc(F)c1. The fourth-order valence-electron chi connectivity index (χ4n) is 1.40. The van der Waals surface area contributed by atoms with Crippen LogP contribution in [0.25, 0.3) is 0 Å². The molecule has 108 valence electrons. The van der Waals surface area contributed by atoms with Gasteiger partial charge in [0.15, 0.2) is 0 Å². The molecule has 1 rings (SSSR count). The summed E-state index contributed by atoms with van der Waals surface area (Å²) in [5, 5.41) is 12.4. The molecule has 0 radical (unpaired) electrons. The lowest BCUT2D eigenvalue weighted by Gasteiger charge is -2.13. The second-order valence-corrected chi connectivity index (χ2v) is 3.94. The summed E-state index contributed by atoms with van der Waals surface area (Å²) in [7, 11) is 0. The Morgan fingerprint density at radius 3 is 2.68 bits per heavy atom. The number of rotatable bonds is 7. The summed E-state index contributed by atoms with van der Waals surface area (Å²) in [6, 6.07) is 5.50. The van der Waals surface area contributed by atoms with Gasteiger partial charge in [-0.1, -0.05) is 12.1 Å². The van der Waals surface area contributed by atoms with Crippen LogP contribution in [0.5, 0.6) is 0 Å². The molecule has 0 bridgehead atoms. The van der Waals surface area contributed by atoms with Crippen LogP contribution in [0.2, 0.25) is 0 Å². The summed E-state index contributed by atoms with van der Waals surface area (Å²) in [6.07, 6.45) is -5.25. The van der Waals surface area contributed by atoms with Crippen molar-refractivity contribution in [3.63, 3.8) is 0 Å². The molecule has 0 spiro atoms. The third kappa shape index (κ3) is 7.09. The number of nitrogens with one attached hydrogen (secondary N) is 1. The van der Waals surface area contributed by atoms with Crippen LogP contribution in [0.4, 0.5) is 17.6 Å². The minimum atomic E-state index is -4.33. The minimum absolute atomic E-state index is 0.110. The summed E-state index contributed by atoms with van der Waals surface area (Å²) in [4.78, 5) is 0. The largest absolute Gasteiger partial charge is 0.411 e. The lowest BCUT2D eigenvalue weighted by atomic mass is 10.1. The van der Waals surface area contributed by atoms with Gasteiger partial charge in [0.25, 0.3) is 0 Å². The Hall–Kier alpha value is -1.18. The zero-order valence-electron chi connectivity index (χ0n) is 10.1. The zero-order valence-corrected chi connectivity index (χ0v) is 10.1. The average Bonchev–Trinajstić information content (AvgIpc) is 2.32. The number of halogens is 4.